The van der Waals surface area contributed by atoms with Gasteiger partial charge in [0.1, 0.15) is 0 Å². The molecule has 1 aliphatic rings. The van der Waals surface area contributed by atoms with Crippen LogP contribution in [-0.4, -0.2) is 33.6 Å². The van der Waals surface area contributed by atoms with Gasteiger partial charge in [-0.15, -0.1) is 0 Å². The molecule has 1 unspecified atom stereocenters. The van der Waals surface area contributed by atoms with Crippen LogP contribution in [0.4, 0.5) is 17.1 Å². The predicted molar refractivity (Wildman–Crippen MR) is 151 cm³/mol. The lowest BCUT2D eigenvalue weighted by molar-refractivity contribution is 0.0697. The highest BCUT2D eigenvalue weighted by Crippen LogP contribution is 2.37. The maximum Gasteiger partial charge on any atom is 0.335 e. The molecular formula is C30H29N5O2. The third kappa shape index (κ3) is 5.02. The van der Waals surface area contributed by atoms with Gasteiger partial charge >= 0.3 is 5.97 Å². The Morgan fingerprint density at radius 3 is 2.46 bits per heavy atom. The summed E-state index contributed by atoms with van der Waals surface area (Å²) in [6, 6.07) is 25.3. The van der Waals surface area contributed by atoms with Gasteiger partial charge in [0.05, 0.1) is 39.4 Å². The van der Waals surface area contributed by atoms with Crippen molar-refractivity contribution in [3.8, 4) is 11.3 Å². The first-order valence-electron chi connectivity index (χ1n) is 12.3. The number of carboxylic acids is 1. The molecule has 1 saturated heterocycles. The fraction of sp³-hybridized carbons (Fsp3) is 0.167. The number of carboxylic acid groups (broad SMARTS) is 1. The standard InChI is InChI=1S/C20H22N4.C10H7NO2/c1-13-5-4-10-24(13)19-12-14-6-2-3-7-18(14)23-20(19)15-8-9-16(21)17(22)11-15;12-10(13)8-3-4-9-7(6-8)2-1-5-11-9/h2-3,6-9,11-13H,4-5,10,21-22H2,1H3;1-6H,(H,12,13). The molecule has 5 aromatic rings. The monoisotopic (exact) mass is 491 g/mol. The zero-order valence-electron chi connectivity index (χ0n) is 20.6. The van der Waals surface area contributed by atoms with E-state index in [2.05, 4.69) is 41.1 Å². The number of anilines is 3. The molecule has 3 heterocycles. The van der Waals surface area contributed by atoms with Crippen LogP contribution in [0.5, 0.6) is 0 Å². The SMILES string of the molecule is CC1CCCN1c1cc2ccccc2nc1-c1ccc(N)c(N)c1.O=C(O)c1ccc2ncccc2c1. The van der Waals surface area contributed by atoms with Crippen LogP contribution in [0.2, 0.25) is 0 Å². The van der Waals surface area contributed by atoms with Crippen molar-refractivity contribution in [2.24, 2.45) is 0 Å². The minimum absolute atomic E-state index is 0.292. The van der Waals surface area contributed by atoms with Gasteiger partial charge < -0.3 is 21.5 Å². The Bertz CT molecular complexity index is 1600. The largest absolute Gasteiger partial charge is 0.478 e. The van der Waals surface area contributed by atoms with Gasteiger partial charge in [0.25, 0.3) is 0 Å². The summed E-state index contributed by atoms with van der Waals surface area (Å²) in [5.74, 6) is -0.911. The number of hydrogen-bond acceptors (Lipinski definition) is 6. The number of benzene rings is 3. The Morgan fingerprint density at radius 2 is 1.70 bits per heavy atom. The van der Waals surface area contributed by atoms with E-state index < -0.39 is 5.97 Å². The van der Waals surface area contributed by atoms with Crippen LogP contribution in [0.25, 0.3) is 33.1 Å². The first-order valence-corrected chi connectivity index (χ1v) is 12.3. The second-order valence-electron chi connectivity index (χ2n) is 9.29. The summed E-state index contributed by atoms with van der Waals surface area (Å²) in [6.07, 6.45) is 4.12. The lowest BCUT2D eigenvalue weighted by Gasteiger charge is -2.26. The van der Waals surface area contributed by atoms with Gasteiger partial charge in [0.2, 0.25) is 0 Å². The Balaban J connectivity index is 0.000000182. The quantitative estimate of drug-likeness (QED) is 0.265. The number of nitrogens with two attached hydrogens (primary N) is 2. The number of pyridine rings is 2. The lowest BCUT2D eigenvalue weighted by Crippen LogP contribution is -2.27. The molecule has 5 N–H and O–H groups in total. The molecule has 1 atom stereocenters. The van der Waals surface area contributed by atoms with Gasteiger partial charge in [-0.25, -0.2) is 9.78 Å². The van der Waals surface area contributed by atoms with Crippen LogP contribution in [-0.2, 0) is 0 Å². The van der Waals surface area contributed by atoms with E-state index in [1.165, 1.54) is 23.9 Å². The number of carbonyl (C=O) groups is 1. The summed E-state index contributed by atoms with van der Waals surface area (Å²) >= 11 is 0. The summed E-state index contributed by atoms with van der Waals surface area (Å²) in [4.78, 5) is 22.1. The minimum atomic E-state index is -0.911. The second-order valence-corrected chi connectivity index (χ2v) is 9.29. The summed E-state index contributed by atoms with van der Waals surface area (Å²) in [5.41, 5.74) is 18.4. The van der Waals surface area contributed by atoms with Crippen LogP contribution in [0.15, 0.2) is 85.1 Å². The van der Waals surface area contributed by atoms with Crippen molar-refractivity contribution in [2.75, 3.05) is 22.9 Å². The van der Waals surface area contributed by atoms with E-state index in [4.69, 9.17) is 21.6 Å². The van der Waals surface area contributed by atoms with E-state index in [1.54, 1.807) is 30.5 Å². The number of nitrogen functional groups attached to an aromatic ring is 2. The van der Waals surface area contributed by atoms with E-state index >= 15 is 0 Å². The zero-order valence-corrected chi connectivity index (χ0v) is 20.6. The smallest absolute Gasteiger partial charge is 0.335 e. The van der Waals surface area contributed by atoms with Crippen molar-refractivity contribution in [3.63, 3.8) is 0 Å². The Kier molecular flexibility index (Phi) is 6.60. The third-order valence-electron chi connectivity index (χ3n) is 6.78. The van der Waals surface area contributed by atoms with Crippen molar-refractivity contribution in [1.29, 1.82) is 0 Å². The molecule has 6 rings (SSSR count). The number of fused-ring (bicyclic) bond motifs is 2. The second kappa shape index (κ2) is 10.1. The normalized spacial score (nSPS) is 14.9. The van der Waals surface area contributed by atoms with Crippen LogP contribution >= 0.6 is 0 Å². The Hall–Kier alpha value is -4.65. The molecule has 37 heavy (non-hydrogen) atoms. The topological polar surface area (TPSA) is 118 Å². The molecule has 1 aliphatic heterocycles. The van der Waals surface area contributed by atoms with Crippen molar-refractivity contribution in [1.82, 2.24) is 9.97 Å². The highest BCUT2D eigenvalue weighted by atomic mass is 16.4. The zero-order chi connectivity index (χ0) is 25.9. The molecule has 0 bridgehead atoms. The summed E-state index contributed by atoms with van der Waals surface area (Å²) < 4.78 is 0. The molecule has 186 valence electrons. The molecule has 1 fully saturated rings. The van der Waals surface area contributed by atoms with Crippen LogP contribution < -0.4 is 16.4 Å². The van der Waals surface area contributed by atoms with Crippen molar-refractivity contribution in [2.45, 2.75) is 25.8 Å². The van der Waals surface area contributed by atoms with Gasteiger partial charge in [-0.1, -0.05) is 30.3 Å². The van der Waals surface area contributed by atoms with Crippen molar-refractivity contribution < 1.29 is 9.90 Å². The lowest BCUT2D eigenvalue weighted by atomic mass is 10.0. The number of rotatable bonds is 3. The van der Waals surface area contributed by atoms with Crippen LogP contribution in [0.3, 0.4) is 0 Å². The van der Waals surface area contributed by atoms with E-state index in [-0.39, 0.29) is 0 Å². The Labute approximate surface area is 215 Å². The number of aromatic nitrogens is 2. The summed E-state index contributed by atoms with van der Waals surface area (Å²) in [6.45, 7) is 3.35. The number of hydrogen-bond donors (Lipinski definition) is 3. The van der Waals surface area contributed by atoms with Gasteiger partial charge in [-0.2, -0.15) is 0 Å². The molecule has 0 saturated carbocycles. The molecule has 0 amide bonds. The van der Waals surface area contributed by atoms with Gasteiger partial charge in [-0.05, 0) is 68.3 Å². The average Bonchev–Trinajstić information content (AvgIpc) is 3.35. The highest BCUT2D eigenvalue weighted by molar-refractivity contribution is 5.93. The molecule has 0 spiro atoms. The number of nitrogens with zero attached hydrogens (tertiary/aromatic N) is 3. The Morgan fingerprint density at radius 1 is 0.919 bits per heavy atom. The summed E-state index contributed by atoms with van der Waals surface area (Å²) in [7, 11) is 0. The van der Waals surface area contributed by atoms with E-state index in [1.807, 2.05) is 30.3 Å². The molecule has 0 radical (unpaired) electrons. The molecule has 3 aromatic carbocycles. The highest BCUT2D eigenvalue weighted by Gasteiger charge is 2.24. The van der Waals surface area contributed by atoms with E-state index in [9.17, 15) is 4.79 Å². The minimum Gasteiger partial charge on any atom is -0.478 e. The first kappa shape index (κ1) is 24.1. The number of aromatic carboxylic acids is 1. The maximum absolute atomic E-state index is 10.6. The maximum atomic E-state index is 10.6. The van der Waals surface area contributed by atoms with Gasteiger partial charge in [0.15, 0.2) is 0 Å². The predicted octanol–water partition coefficient (Wildman–Crippen LogP) is 5.99. The average molecular weight is 492 g/mol. The van der Waals surface area contributed by atoms with Crippen molar-refractivity contribution >= 4 is 44.8 Å². The van der Waals surface area contributed by atoms with Crippen molar-refractivity contribution in [3.05, 3.63) is 90.6 Å². The van der Waals surface area contributed by atoms with Crippen LogP contribution in [0, 0.1) is 0 Å². The van der Waals surface area contributed by atoms with E-state index in [0.717, 1.165) is 34.2 Å². The fourth-order valence-corrected chi connectivity index (χ4v) is 4.76. The molecule has 2 aromatic heterocycles. The van der Waals surface area contributed by atoms with Gasteiger partial charge in [0, 0.05) is 35.1 Å². The van der Waals surface area contributed by atoms with E-state index in [0.29, 0.717) is 23.0 Å². The van der Waals surface area contributed by atoms with Gasteiger partial charge in [-0.3, -0.25) is 4.98 Å². The molecule has 0 aliphatic carbocycles. The van der Waals surface area contributed by atoms with Crippen LogP contribution in [0.1, 0.15) is 30.1 Å². The first-order chi connectivity index (χ1) is 17.9. The molecular weight excluding hydrogens is 462 g/mol. The molecule has 7 heteroatoms. The fourth-order valence-electron chi connectivity index (χ4n) is 4.76. The third-order valence-corrected chi connectivity index (χ3v) is 6.78. The molecule has 7 nitrogen and oxygen atoms in total. The summed E-state index contributed by atoms with van der Waals surface area (Å²) in [5, 5.41) is 10.7. The number of para-hydroxylation sites is 1.